The number of aromatic amines is 1. The lowest BCUT2D eigenvalue weighted by atomic mass is 10.00. The third-order valence-electron chi connectivity index (χ3n) is 5.16. The van der Waals surface area contributed by atoms with E-state index in [0.717, 1.165) is 34.0 Å². The number of nitrogens with one attached hydrogen (secondary N) is 2. The Hall–Kier alpha value is -3.54. The van der Waals surface area contributed by atoms with Crippen molar-refractivity contribution in [3.63, 3.8) is 0 Å². The van der Waals surface area contributed by atoms with Gasteiger partial charge in [0.15, 0.2) is 0 Å². The lowest BCUT2D eigenvalue weighted by Gasteiger charge is -2.10. The smallest absolute Gasteiger partial charge is 0.337 e. The van der Waals surface area contributed by atoms with Crippen molar-refractivity contribution in [2.45, 2.75) is 26.7 Å². The van der Waals surface area contributed by atoms with Crippen LogP contribution in [0.2, 0.25) is 0 Å². The first-order chi connectivity index (χ1) is 15.0. The molecule has 6 nitrogen and oxygen atoms in total. The fraction of sp³-hybridized carbons (Fsp3) is 0.280. The Bertz CT molecular complexity index is 1130. The van der Waals surface area contributed by atoms with Gasteiger partial charge in [-0.2, -0.15) is 0 Å². The molecule has 1 aromatic heterocycles. The number of rotatable bonds is 8. The number of esters is 1. The van der Waals surface area contributed by atoms with Crippen LogP contribution in [-0.4, -0.2) is 37.6 Å². The zero-order valence-corrected chi connectivity index (χ0v) is 18.4. The monoisotopic (exact) mass is 420 g/mol. The third kappa shape index (κ3) is 5.15. The summed E-state index contributed by atoms with van der Waals surface area (Å²) in [4.78, 5) is 27.3. The Balaban J connectivity index is 1.90. The van der Waals surface area contributed by atoms with Crippen LogP contribution in [0.15, 0.2) is 48.2 Å². The molecule has 2 N–H and O–H groups in total. The van der Waals surface area contributed by atoms with Gasteiger partial charge in [0, 0.05) is 35.6 Å². The highest BCUT2D eigenvalue weighted by molar-refractivity contribution is 5.98. The molecule has 0 atom stereocenters. The lowest BCUT2D eigenvalue weighted by Crippen LogP contribution is -2.24. The summed E-state index contributed by atoms with van der Waals surface area (Å²) in [6.45, 7) is 4.52. The van der Waals surface area contributed by atoms with Gasteiger partial charge >= 0.3 is 5.97 Å². The predicted molar refractivity (Wildman–Crippen MR) is 122 cm³/mol. The van der Waals surface area contributed by atoms with Crippen LogP contribution in [0.5, 0.6) is 5.75 Å². The van der Waals surface area contributed by atoms with Crippen LogP contribution in [0.1, 0.15) is 47.3 Å². The van der Waals surface area contributed by atoms with E-state index in [9.17, 15) is 9.59 Å². The molecule has 0 aliphatic rings. The molecule has 2 aromatic carbocycles. The van der Waals surface area contributed by atoms with Crippen LogP contribution in [0.4, 0.5) is 0 Å². The first-order valence-electron chi connectivity index (χ1n) is 10.3. The number of fused-ring (bicyclic) bond motifs is 1. The van der Waals surface area contributed by atoms with Crippen LogP contribution in [-0.2, 0) is 16.0 Å². The fourth-order valence-corrected chi connectivity index (χ4v) is 3.47. The molecular formula is C25H28N2O4. The summed E-state index contributed by atoms with van der Waals surface area (Å²) in [5, 5.41) is 3.98. The van der Waals surface area contributed by atoms with Crippen molar-refractivity contribution in [1.29, 1.82) is 0 Å². The number of amides is 1. The van der Waals surface area contributed by atoms with Gasteiger partial charge in [0.1, 0.15) is 5.75 Å². The second-order valence-electron chi connectivity index (χ2n) is 7.40. The number of aromatic nitrogens is 1. The molecule has 1 heterocycles. The number of carbonyl (C=O) groups excluding carboxylic acids is 2. The van der Waals surface area contributed by atoms with Gasteiger partial charge in [-0.25, -0.2) is 4.79 Å². The fourth-order valence-electron chi connectivity index (χ4n) is 3.47. The van der Waals surface area contributed by atoms with Crippen molar-refractivity contribution < 1.29 is 19.1 Å². The topological polar surface area (TPSA) is 80.4 Å². The second kappa shape index (κ2) is 9.98. The van der Waals surface area contributed by atoms with Crippen LogP contribution in [0, 0.1) is 0 Å². The van der Waals surface area contributed by atoms with E-state index in [4.69, 9.17) is 9.47 Å². The molecule has 31 heavy (non-hydrogen) atoms. The number of H-pyrrole nitrogens is 1. The summed E-state index contributed by atoms with van der Waals surface area (Å²) >= 11 is 0. The minimum Gasteiger partial charge on any atom is -0.496 e. The van der Waals surface area contributed by atoms with Crippen LogP contribution < -0.4 is 10.1 Å². The summed E-state index contributed by atoms with van der Waals surface area (Å²) in [5.74, 6) is 0.190. The van der Waals surface area contributed by atoms with E-state index in [1.54, 1.807) is 19.2 Å². The zero-order valence-electron chi connectivity index (χ0n) is 18.4. The molecule has 3 aromatic rings. The first kappa shape index (κ1) is 22.2. The summed E-state index contributed by atoms with van der Waals surface area (Å²) in [5.41, 5.74) is 5.17. The van der Waals surface area contributed by atoms with Gasteiger partial charge in [0.2, 0.25) is 5.91 Å². The highest BCUT2D eigenvalue weighted by Gasteiger charge is 2.13. The number of ether oxygens (including phenoxy) is 2. The normalized spacial score (nSPS) is 11.4. The Morgan fingerprint density at radius 2 is 1.90 bits per heavy atom. The maximum Gasteiger partial charge on any atom is 0.337 e. The SMILES string of the molecule is CCCNC(=O)C(C)=Cc1ccc2[nH]cc(Cc3ccc(C(=O)OC)cc3OC)c2c1. The molecule has 0 unspecified atom stereocenters. The van der Waals surface area contributed by atoms with E-state index in [1.165, 1.54) is 7.11 Å². The molecule has 0 fully saturated rings. The summed E-state index contributed by atoms with van der Waals surface area (Å²) in [6, 6.07) is 11.4. The van der Waals surface area contributed by atoms with Gasteiger partial charge in [-0.05, 0) is 60.4 Å². The molecule has 3 rings (SSSR count). The van der Waals surface area contributed by atoms with Crippen LogP contribution >= 0.6 is 0 Å². The van der Waals surface area contributed by atoms with Crippen molar-refractivity contribution in [2.24, 2.45) is 0 Å². The van der Waals surface area contributed by atoms with Crippen LogP contribution in [0.25, 0.3) is 17.0 Å². The molecule has 0 aliphatic heterocycles. The standard InChI is InChI=1S/C25H28N2O4/c1-5-10-26-24(28)16(2)11-17-6-9-22-21(12-17)20(15-27-22)13-18-7-8-19(25(29)31-4)14-23(18)30-3/h6-9,11-12,14-15,27H,5,10,13H2,1-4H3,(H,26,28). The molecule has 162 valence electrons. The summed E-state index contributed by atoms with van der Waals surface area (Å²) < 4.78 is 10.3. The predicted octanol–water partition coefficient (Wildman–Crippen LogP) is 4.48. The van der Waals surface area contributed by atoms with E-state index in [-0.39, 0.29) is 5.91 Å². The van der Waals surface area contributed by atoms with E-state index in [1.807, 2.05) is 44.3 Å². The Kier molecular flexibility index (Phi) is 7.13. The third-order valence-corrected chi connectivity index (χ3v) is 5.16. The number of hydrogen-bond acceptors (Lipinski definition) is 4. The quantitative estimate of drug-likeness (QED) is 0.416. The molecule has 0 aliphatic carbocycles. The van der Waals surface area contributed by atoms with Crippen molar-refractivity contribution in [2.75, 3.05) is 20.8 Å². The van der Waals surface area contributed by atoms with E-state index in [2.05, 4.69) is 16.4 Å². The highest BCUT2D eigenvalue weighted by atomic mass is 16.5. The van der Waals surface area contributed by atoms with Crippen molar-refractivity contribution in [1.82, 2.24) is 10.3 Å². The van der Waals surface area contributed by atoms with Crippen molar-refractivity contribution in [3.8, 4) is 5.75 Å². The molecule has 0 radical (unpaired) electrons. The maximum atomic E-state index is 12.2. The number of carbonyl (C=O) groups is 2. The van der Waals surface area contributed by atoms with E-state index in [0.29, 0.717) is 29.9 Å². The molecule has 0 spiro atoms. The Labute approximate surface area is 182 Å². The largest absolute Gasteiger partial charge is 0.496 e. The molecule has 1 amide bonds. The van der Waals surface area contributed by atoms with Gasteiger partial charge in [0.25, 0.3) is 0 Å². The van der Waals surface area contributed by atoms with Crippen LogP contribution in [0.3, 0.4) is 0 Å². The Morgan fingerprint density at radius 3 is 2.61 bits per heavy atom. The minimum atomic E-state index is -0.397. The average molecular weight is 421 g/mol. The first-order valence-corrected chi connectivity index (χ1v) is 10.3. The lowest BCUT2D eigenvalue weighted by molar-refractivity contribution is -0.117. The number of hydrogen-bond donors (Lipinski definition) is 2. The van der Waals surface area contributed by atoms with Gasteiger partial charge in [-0.3, -0.25) is 4.79 Å². The summed E-state index contributed by atoms with van der Waals surface area (Å²) in [7, 11) is 2.94. The highest BCUT2D eigenvalue weighted by Crippen LogP contribution is 2.28. The van der Waals surface area contributed by atoms with Gasteiger partial charge in [-0.15, -0.1) is 0 Å². The van der Waals surface area contributed by atoms with Crippen molar-refractivity contribution >= 4 is 28.9 Å². The molecule has 0 saturated heterocycles. The van der Waals surface area contributed by atoms with E-state index < -0.39 is 5.97 Å². The van der Waals surface area contributed by atoms with E-state index >= 15 is 0 Å². The average Bonchev–Trinajstić information content (AvgIpc) is 3.18. The molecule has 0 bridgehead atoms. The van der Waals surface area contributed by atoms with Gasteiger partial charge < -0.3 is 19.8 Å². The summed E-state index contributed by atoms with van der Waals surface area (Å²) in [6.07, 6.45) is 5.41. The minimum absolute atomic E-state index is 0.0494. The Morgan fingerprint density at radius 1 is 1.10 bits per heavy atom. The second-order valence-corrected chi connectivity index (χ2v) is 7.40. The zero-order chi connectivity index (χ0) is 22.4. The van der Waals surface area contributed by atoms with Crippen molar-refractivity contribution in [3.05, 3.63) is 70.4 Å². The number of benzene rings is 2. The molecule has 0 saturated carbocycles. The van der Waals surface area contributed by atoms with Gasteiger partial charge in [0.05, 0.1) is 19.8 Å². The molecular weight excluding hydrogens is 392 g/mol. The maximum absolute atomic E-state index is 12.2. The number of methoxy groups -OCH3 is 2. The molecule has 6 heteroatoms. The van der Waals surface area contributed by atoms with Gasteiger partial charge in [-0.1, -0.05) is 19.1 Å².